The normalized spacial score (nSPS) is 36.8. The van der Waals surface area contributed by atoms with Crippen molar-refractivity contribution in [3.8, 4) is 0 Å². The van der Waals surface area contributed by atoms with Crippen LogP contribution < -0.4 is 5.32 Å². The van der Waals surface area contributed by atoms with Gasteiger partial charge in [0.2, 0.25) is 0 Å². The lowest BCUT2D eigenvalue weighted by atomic mass is 9.56. The van der Waals surface area contributed by atoms with E-state index in [1.165, 1.54) is 37.7 Å². The summed E-state index contributed by atoms with van der Waals surface area (Å²) < 4.78 is 12.2. The van der Waals surface area contributed by atoms with E-state index in [0.29, 0.717) is 43.1 Å². The van der Waals surface area contributed by atoms with Gasteiger partial charge >= 0.3 is 6.09 Å². The average molecular weight is 378 g/mol. The molecule has 5 atom stereocenters. The van der Waals surface area contributed by atoms with Crippen molar-refractivity contribution >= 4 is 6.09 Å². The van der Waals surface area contributed by atoms with E-state index in [1.807, 2.05) is 0 Å². The second kappa shape index (κ2) is 8.98. The summed E-state index contributed by atoms with van der Waals surface area (Å²) in [6.07, 6.45) is 11.9. The van der Waals surface area contributed by atoms with Crippen LogP contribution in [0.4, 0.5) is 4.79 Å². The second-order valence-electron chi connectivity index (χ2n) is 9.29. The van der Waals surface area contributed by atoms with E-state index in [-0.39, 0.29) is 11.5 Å². The summed E-state index contributed by atoms with van der Waals surface area (Å²) in [5.41, 5.74) is 1.36. The van der Waals surface area contributed by atoms with Gasteiger partial charge in [-0.2, -0.15) is 0 Å². The Morgan fingerprint density at radius 1 is 1.30 bits per heavy atom. The van der Waals surface area contributed by atoms with Gasteiger partial charge in [0.15, 0.2) is 0 Å². The Balaban J connectivity index is 1.64. The topological polar surface area (TPSA) is 47.6 Å². The molecule has 2 aliphatic carbocycles. The van der Waals surface area contributed by atoms with Crippen molar-refractivity contribution in [2.45, 2.75) is 91.2 Å². The van der Waals surface area contributed by atoms with Crippen LogP contribution in [0, 0.1) is 23.2 Å². The predicted octanol–water partition coefficient (Wildman–Crippen LogP) is 5.47. The first-order valence-corrected chi connectivity index (χ1v) is 11.2. The summed E-state index contributed by atoms with van der Waals surface area (Å²) >= 11 is 0. The van der Waals surface area contributed by atoms with E-state index in [0.717, 1.165) is 19.3 Å². The molecule has 1 saturated carbocycles. The van der Waals surface area contributed by atoms with Crippen molar-refractivity contribution in [1.29, 1.82) is 0 Å². The number of nitrogens with one attached hydrogen (secondary N) is 1. The minimum absolute atomic E-state index is 0.100. The molecule has 0 aromatic carbocycles. The predicted molar refractivity (Wildman–Crippen MR) is 109 cm³/mol. The van der Waals surface area contributed by atoms with Crippen LogP contribution in [0.1, 0.15) is 79.1 Å². The number of unbranched alkanes of at least 4 members (excludes halogenated alkanes) is 1. The monoisotopic (exact) mass is 377 g/mol. The SMILES string of the molecule is CCCC[C@@H]1OC[C@]2(COC(=O)NC3CCCCC3)[C@H](C)[C@H]1C(C)=C[C@@H]2C. The number of carbonyl (C=O) groups is 1. The number of allylic oxidation sites excluding steroid dienone is 1. The summed E-state index contributed by atoms with van der Waals surface area (Å²) in [5, 5.41) is 3.09. The molecule has 2 bridgehead atoms. The zero-order valence-electron chi connectivity index (χ0n) is 17.8. The number of carbonyl (C=O) groups excluding carboxylic acids is 1. The van der Waals surface area contributed by atoms with Gasteiger partial charge in [0.05, 0.1) is 12.7 Å². The van der Waals surface area contributed by atoms with Gasteiger partial charge in [-0.3, -0.25) is 0 Å². The Bertz CT molecular complexity index is 540. The van der Waals surface area contributed by atoms with Gasteiger partial charge < -0.3 is 14.8 Å². The van der Waals surface area contributed by atoms with Gasteiger partial charge in [-0.15, -0.1) is 0 Å². The molecule has 3 aliphatic rings. The van der Waals surface area contributed by atoms with E-state index in [2.05, 4.69) is 39.1 Å². The van der Waals surface area contributed by atoms with E-state index in [4.69, 9.17) is 9.47 Å². The Morgan fingerprint density at radius 2 is 2.04 bits per heavy atom. The maximum Gasteiger partial charge on any atom is 0.407 e. The first-order chi connectivity index (χ1) is 13.0. The van der Waals surface area contributed by atoms with Crippen molar-refractivity contribution in [2.24, 2.45) is 23.2 Å². The van der Waals surface area contributed by atoms with Crippen molar-refractivity contribution in [3.05, 3.63) is 11.6 Å². The third-order valence-electron chi connectivity index (χ3n) is 7.60. The largest absolute Gasteiger partial charge is 0.449 e. The molecular weight excluding hydrogens is 338 g/mol. The fourth-order valence-electron chi connectivity index (χ4n) is 5.71. The van der Waals surface area contributed by atoms with Crippen molar-refractivity contribution in [2.75, 3.05) is 13.2 Å². The molecule has 0 aromatic heterocycles. The molecule has 154 valence electrons. The molecule has 0 unspecified atom stereocenters. The summed E-state index contributed by atoms with van der Waals surface area (Å²) in [6.45, 7) is 10.2. The smallest absolute Gasteiger partial charge is 0.407 e. The number of hydrogen-bond acceptors (Lipinski definition) is 3. The quantitative estimate of drug-likeness (QED) is 0.624. The minimum atomic E-state index is -0.244. The zero-order chi connectivity index (χ0) is 19.4. The van der Waals surface area contributed by atoms with Crippen LogP contribution >= 0.6 is 0 Å². The van der Waals surface area contributed by atoms with Gasteiger partial charge in [0, 0.05) is 17.4 Å². The summed E-state index contributed by atoms with van der Waals surface area (Å²) in [4.78, 5) is 12.4. The first-order valence-electron chi connectivity index (χ1n) is 11.2. The molecule has 1 saturated heterocycles. The van der Waals surface area contributed by atoms with Crippen molar-refractivity contribution < 1.29 is 14.3 Å². The van der Waals surface area contributed by atoms with Crippen LogP contribution in [-0.4, -0.2) is 31.5 Å². The second-order valence-corrected chi connectivity index (χ2v) is 9.29. The standard InChI is InChI=1S/C23H39NO3/c1-5-6-12-20-21-16(2)13-17(3)23(14-26-20,18(21)4)15-27-22(25)24-19-10-8-7-9-11-19/h13,17-21H,5-12,14-15H2,1-4H3,(H,24,25)/t17-,18+,20-,21+,23+/m0/s1. The molecule has 4 nitrogen and oxygen atoms in total. The molecule has 27 heavy (non-hydrogen) atoms. The Labute approximate surface area is 165 Å². The molecule has 2 fully saturated rings. The Kier molecular flexibility index (Phi) is 6.88. The molecule has 1 amide bonds. The highest BCUT2D eigenvalue weighted by atomic mass is 16.6. The Morgan fingerprint density at radius 3 is 2.74 bits per heavy atom. The summed E-state index contributed by atoms with van der Waals surface area (Å²) in [6, 6.07) is 0.292. The molecule has 1 heterocycles. The first kappa shape index (κ1) is 20.7. The van der Waals surface area contributed by atoms with Gasteiger partial charge in [-0.25, -0.2) is 4.79 Å². The fourth-order valence-corrected chi connectivity index (χ4v) is 5.71. The van der Waals surface area contributed by atoms with Crippen LogP contribution in [0.25, 0.3) is 0 Å². The number of fused-ring (bicyclic) bond motifs is 2. The number of hydrogen-bond donors (Lipinski definition) is 1. The van der Waals surface area contributed by atoms with Crippen LogP contribution in [0.5, 0.6) is 0 Å². The third kappa shape index (κ3) is 4.36. The Hall–Kier alpha value is -1.03. The van der Waals surface area contributed by atoms with E-state index >= 15 is 0 Å². The lowest BCUT2D eigenvalue weighted by molar-refractivity contribution is -0.165. The highest BCUT2D eigenvalue weighted by Crippen LogP contribution is 2.53. The van der Waals surface area contributed by atoms with Gasteiger partial charge in [-0.1, -0.05) is 64.5 Å². The van der Waals surface area contributed by atoms with Crippen LogP contribution in [0.15, 0.2) is 11.6 Å². The van der Waals surface area contributed by atoms with Gasteiger partial charge in [0.1, 0.15) is 6.61 Å². The maximum atomic E-state index is 12.4. The molecule has 3 rings (SSSR count). The summed E-state index contributed by atoms with van der Waals surface area (Å²) in [5.74, 6) is 1.28. The van der Waals surface area contributed by atoms with Gasteiger partial charge in [0.25, 0.3) is 0 Å². The highest BCUT2D eigenvalue weighted by Gasteiger charge is 2.53. The molecule has 1 N–H and O–H groups in total. The molecule has 1 aliphatic heterocycles. The molecule has 0 spiro atoms. The van der Waals surface area contributed by atoms with E-state index in [1.54, 1.807) is 0 Å². The van der Waals surface area contributed by atoms with E-state index < -0.39 is 0 Å². The molecular formula is C23H39NO3. The number of amides is 1. The third-order valence-corrected chi connectivity index (χ3v) is 7.60. The minimum Gasteiger partial charge on any atom is -0.449 e. The molecule has 0 aromatic rings. The lowest BCUT2D eigenvalue weighted by Gasteiger charge is -2.55. The van der Waals surface area contributed by atoms with Crippen LogP contribution in [0.2, 0.25) is 0 Å². The summed E-state index contributed by atoms with van der Waals surface area (Å²) in [7, 11) is 0. The lowest BCUT2D eigenvalue weighted by Crippen LogP contribution is -2.57. The highest BCUT2D eigenvalue weighted by molar-refractivity contribution is 5.67. The van der Waals surface area contributed by atoms with Crippen LogP contribution in [-0.2, 0) is 9.47 Å². The maximum absolute atomic E-state index is 12.4. The zero-order valence-corrected chi connectivity index (χ0v) is 17.8. The number of alkyl carbamates (subject to hydrolysis) is 1. The average Bonchev–Trinajstić information content (AvgIpc) is 2.65. The molecule has 0 radical (unpaired) electrons. The molecule has 4 heteroatoms. The van der Waals surface area contributed by atoms with Gasteiger partial charge in [-0.05, 0) is 38.0 Å². The number of rotatable bonds is 6. The van der Waals surface area contributed by atoms with E-state index in [9.17, 15) is 4.79 Å². The van der Waals surface area contributed by atoms with Crippen molar-refractivity contribution in [3.63, 3.8) is 0 Å². The number of ether oxygens (including phenoxy) is 2. The van der Waals surface area contributed by atoms with Crippen LogP contribution in [0.3, 0.4) is 0 Å². The fraction of sp³-hybridized carbons (Fsp3) is 0.870. The van der Waals surface area contributed by atoms with Crippen molar-refractivity contribution in [1.82, 2.24) is 5.32 Å².